The van der Waals surface area contributed by atoms with Crippen LogP contribution in [0.25, 0.3) is 0 Å². The predicted molar refractivity (Wildman–Crippen MR) is 83.1 cm³/mol. The van der Waals surface area contributed by atoms with Crippen molar-refractivity contribution in [2.75, 3.05) is 20.3 Å². The summed E-state index contributed by atoms with van der Waals surface area (Å²) in [5, 5.41) is 0. The monoisotopic (exact) mass is 294 g/mol. The van der Waals surface area contributed by atoms with Gasteiger partial charge in [0.15, 0.2) is 0 Å². The van der Waals surface area contributed by atoms with Crippen molar-refractivity contribution in [2.45, 2.75) is 39.5 Å². The van der Waals surface area contributed by atoms with Crippen LogP contribution in [0.2, 0.25) is 0 Å². The Labute approximate surface area is 127 Å². The van der Waals surface area contributed by atoms with E-state index in [1.165, 1.54) is 0 Å². The molecule has 0 radical (unpaired) electrons. The number of nitrogens with zero attached hydrogens (tertiary/aromatic N) is 1. The Kier molecular flexibility index (Phi) is 7.19. The SMILES string of the molecule is COCCN(Cc1ccccc1OC(C)C)C(C)C(N)=O. The van der Waals surface area contributed by atoms with Gasteiger partial charge in [-0.1, -0.05) is 18.2 Å². The van der Waals surface area contributed by atoms with Crippen LogP contribution in [-0.4, -0.2) is 43.2 Å². The summed E-state index contributed by atoms with van der Waals surface area (Å²) < 4.78 is 10.9. The van der Waals surface area contributed by atoms with Crippen molar-refractivity contribution in [1.29, 1.82) is 0 Å². The average Bonchev–Trinajstić information content (AvgIpc) is 2.43. The van der Waals surface area contributed by atoms with Gasteiger partial charge in [-0.15, -0.1) is 0 Å². The van der Waals surface area contributed by atoms with Crippen molar-refractivity contribution < 1.29 is 14.3 Å². The summed E-state index contributed by atoms with van der Waals surface area (Å²) in [5.74, 6) is 0.500. The molecule has 0 aliphatic rings. The fraction of sp³-hybridized carbons (Fsp3) is 0.562. The van der Waals surface area contributed by atoms with Crippen LogP contribution in [0, 0.1) is 0 Å². The molecule has 0 spiro atoms. The highest BCUT2D eigenvalue weighted by Gasteiger charge is 2.20. The maximum atomic E-state index is 11.5. The number of rotatable bonds is 9. The summed E-state index contributed by atoms with van der Waals surface area (Å²) in [4.78, 5) is 13.5. The number of nitrogens with two attached hydrogens (primary N) is 1. The van der Waals surface area contributed by atoms with E-state index in [0.29, 0.717) is 19.7 Å². The molecule has 0 heterocycles. The van der Waals surface area contributed by atoms with E-state index in [2.05, 4.69) is 0 Å². The molecule has 0 saturated heterocycles. The lowest BCUT2D eigenvalue weighted by Crippen LogP contribution is -2.43. The number of carbonyl (C=O) groups is 1. The molecule has 5 nitrogen and oxygen atoms in total. The number of primary amides is 1. The van der Waals surface area contributed by atoms with Crippen LogP contribution in [0.15, 0.2) is 24.3 Å². The van der Waals surface area contributed by atoms with Crippen LogP contribution in [0.4, 0.5) is 0 Å². The van der Waals surface area contributed by atoms with Gasteiger partial charge in [-0.25, -0.2) is 0 Å². The third-order valence-electron chi connectivity index (χ3n) is 3.25. The summed E-state index contributed by atoms with van der Waals surface area (Å²) in [5.41, 5.74) is 6.47. The average molecular weight is 294 g/mol. The molecular formula is C16H26N2O3. The highest BCUT2D eigenvalue weighted by Crippen LogP contribution is 2.22. The lowest BCUT2D eigenvalue weighted by Gasteiger charge is -2.27. The molecule has 0 aromatic heterocycles. The Hall–Kier alpha value is -1.59. The minimum Gasteiger partial charge on any atom is -0.491 e. The number of ether oxygens (including phenoxy) is 2. The van der Waals surface area contributed by atoms with E-state index in [0.717, 1.165) is 11.3 Å². The number of para-hydroxylation sites is 1. The van der Waals surface area contributed by atoms with E-state index >= 15 is 0 Å². The summed E-state index contributed by atoms with van der Waals surface area (Å²) >= 11 is 0. The van der Waals surface area contributed by atoms with Gasteiger partial charge in [-0.3, -0.25) is 9.69 Å². The van der Waals surface area contributed by atoms with Crippen LogP contribution >= 0.6 is 0 Å². The van der Waals surface area contributed by atoms with Crippen molar-refractivity contribution in [2.24, 2.45) is 5.73 Å². The highest BCUT2D eigenvalue weighted by molar-refractivity contribution is 5.79. The first-order valence-electron chi connectivity index (χ1n) is 7.22. The smallest absolute Gasteiger partial charge is 0.234 e. The maximum absolute atomic E-state index is 11.5. The van der Waals surface area contributed by atoms with Gasteiger partial charge in [-0.05, 0) is 26.8 Å². The van der Waals surface area contributed by atoms with Crippen molar-refractivity contribution in [1.82, 2.24) is 4.90 Å². The third kappa shape index (κ3) is 5.73. The molecule has 0 bridgehead atoms. The molecule has 0 fully saturated rings. The predicted octanol–water partition coefficient (Wildman–Crippen LogP) is 1.80. The number of amides is 1. The number of hydrogen-bond acceptors (Lipinski definition) is 4. The van der Waals surface area contributed by atoms with Crippen molar-refractivity contribution >= 4 is 5.91 Å². The maximum Gasteiger partial charge on any atom is 0.234 e. The molecule has 1 unspecified atom stereocenters. The third-order valence-corrected chi connectivity index (χ3v) is 3.25. The molecule has 0 aliphatic carbocycles. The molecule has 1 rings (SSSR count). The molecule has 0 aliphatic heterocycles. The molecule has 0 saturated carbocycles. The van der Waals surface area contributed by atoms with Crippen LogP contribution in [0.3, 0.4) is 0 Å². The first-order chi connectivity index (χ1) is 9.95. The Bertz CT molecular complexity index is 449. The lowest BCUT2D eigenvalue weighted by molar-refractivity contribution is -0.123. The lowest BCUT2D eigenvalue weighted by atomic mass is 10.1. The fourth-order valence-corrected chi connectivity index (χ4v) is 2.02. The van der Waals surface area contributed by atoms with Crippen LogP contribution in [0.1, 0.15) is 26.3 Å². The van der Waals surface area contributed by atoms with Crippen molar-refractivity contribution in [3.05, 3.63) is 29.8 Å². The summed E-state index contributed by atoms with van der Waals surface area (Å²) in [7, 11) is 1.64. The van der Waals surface area contributed by atoms with Gasteiger partial charge >= 0.3 is 0 Å². The molecular weight excluding hydrogens is 268 g/mol. The molecule has 2 N–H and O–H groups in total. The molecule has 1 amide bonds. The van der Waals surface area contributed by atoms with Crippen LogP contribution < -0.4 is 10.5 Å². The van der Waals surface area contributed by atoms with Crippen molar-refractivity contribution in [3.8, 4) is 5.75 Å². The summed E-state index contributed by atoms with van der Waals surface area (Å²) in [6.45, 7) is 7.57. The molecule has 21 heavy (non-hydrogen) atoms. The van der Waals surface area contributed by atoms with Gasteiger partial charge in [0.05, 0.1) is 18.8 Å². The zero-order chi connectivity index (χ0) is 15.8. The topological polar surface area (TPSA) is 64.8 Å². The molecule has 1 aromatic rings. The zero-order valence-electron chi connectivity index (χ0n) is 13.3. The summed E-state index contributed by atoms with van der Waals surface area (Å²) in [6, 6.07) is 7.50. The Balaban J connectivity index is 2.89. The Morgan fingerprint density at radius 3 is 2.52 bits per heavy atom. The van der Waals surface area contributed by atoms with Gasteiger partial charge in [0.25, 0.3) is 0 Å². The molecule has 5 heteroatoms. The quantitative estimate of drug-likeness (QED) is 0.754. The van der Waals surface area contributed by atoms with Gasteiger partial charge in [0, 0.05) is 25.8 Å². The minimum atomic E-state index is -0.354. The van der Waals surface area contributed by atoms with E-state index in [1.807, 2.05) is 49.9 Å². The highest BCUT2D eigenvalue weighted by atomic mass is 16.5. The minimum absolute atomic E-state index is 0.104. The number of hydrogen-bond donors (Lipinski definition) is 1. The number of methoxy groups -OCH3 is 1. The van der Waals surface area contributed by atoms with Gasteiger partial charge in [0.1, 0.15) is 5.75 Å². The van der Waals surface area contributed by atoms with Gasteiger partial charge < -0.3 is 15.2 Å². The number of benzene rings is 1. The standard InChI is InChI=1S/C16H26N2O3/c1-12(2)21-15-8-6-5-7-14(15)11-18(9-10-20-4)13(3)16(17)19/h5-8,12-13H,9-11H2,1-4H3,(H2,17,19). The second kappa shape index (κ2) is 8.64. The molecule has 1 atom stereocenters. The van der Waals surface area contributed by atoms with Crippen LogP contribution in [0.5, 0.6) is 5.75 Å². The Morgan fingerprint density at radius 1 is 1.29 bits per heavy atom. The first kappa shape index (κ1) is 17.5. The zero-order valence-corrected chi connectivity index (χ0v) is 13.3. The van der Waals surface area contributed by atoms with E-state index in [1.54, 1.807) is 7.11 Å². The normalized spacial score (nSPS) is 12.7. The van der Waals surface area contributed by atoms with E-state index in [-0.39, 0.29) is 18.1 Å². The van der Waals surface area contributed by atoms with E-state index < -0.39 is 0 Å². The van der Waals surface area contributed by atoms with E-state index in [4.69, 9.17) is 15.2 Å². The van der Waals surface area contributed by atoms with Crippen molar-refractivity contribution in [3.63, 3.8) is 0 Å². The summed E-state index contributed by atoms with van der Waals surface area (Å²) in [6.07, 6.45) is 0.104. The number of carbonyl (C=O) groups excluding carboxylic acids is 1. The molecule has 118 valence electrons. The van der Waals surface area contributed by atoms with Gasteiger partial charge in [0.2, 0.25) is 5.91 Å². The second-order valence-corrected chi connectivity index (χ2v) is 5.32. The largest absolute Gasteiger partial charge is 0.491 e. The Morgan fingerprint density at radius 2 is 1.95 bits per heavy atom. The van der Waals surface area contributed by atoms with Crippen LogP contribution in [-0.2, 0) is 16.1 Å². The van der Waals surface area contributed by atoms with Gasteiger partial charge in [-0.2, -0.15) is 0 Å². The molecule has 1 aromatic carbocycles. The second-order valence-electron chi connectivity index (χ2n) is 5.32. The fourth-order valence-electron chi connectivity index (χ4n) is 2.02. The first-order valence-corrected chi connectivity index (χ1v) is 7.22. The van der Waals surface area contributed by atoms with E-state index in [9.17, 15) is 4.79 Å².